The van der Waals surface area contributed by atoms with Gasteiger partial charge in [0.15, 0.2) is 0 Å². The molecule has 2 heterocycles. The van der Waals surface area contributed by atoms with Crippen LogP contribution in [0.25, 0.3) is 22.2 Å². The van der Waals surface area contributed by atoms with Crippen LogP contribution in [0.2, 0.25) is 0 Å². The van der Waals surface area contributed by atoms with Gasteiger partial charge < -0.3 is 5.32 Å². The first-order valence-corrected chi connectivity index (χ1v) is 7.56. The molecule has 24 heavy (non-hydrogen) atoms. The van der Waals surface area contributed by atoms with Gasteiger partial charge in [-0.05, 0) is 30.3 Å². The Bertz CT molecular complexity index is 1010. The van der Waals surface area contributed by atoms with Crippen molar-refractivity contribution in [2.45, 2.75) is 0 Å². The SMILES string of the molecule is O=C(Nc1cccc(-c2ccn[nH]2)c1)c1ccc2ccccc2n1. The van der Waals surface area contributed by atoms with Gasteiger partial charge in [-0.25, -0.2) is 4.98 Å². The van der Waals surface area contributed by atoms with E-state index in [4.69, 9.17) is 0 Å². The minimum Gasteiger partial charge on any atom is -0.321 e. The lowest BCUT2D eigenvalue weighted by Gasteiger charge is -2.07. The predicted octanol–water partition coefficient (Wildman–Crippen LogP) is 3.88. The van der Waals surface area contributed by atoms with Gasteiger partial charge in [-0.2, -0.15) is 5.10 Å². The number of nitrogens with zero attached hydrogens (tertiary/aromatic N) is 2. The van der Waals surface area contributed by atoms with Crippen LogP contribution in [-0.4, -0.2) is 21.1 Å². The van der Waals surface area contributed by atoms with E-state index in [1.807, 2.05) is 60.7 Å². The highest BCUT2D eigenvalue weighted by Crippen LogP contribution is 2.21. The van der Waals surface area contributed by atoms with Crippen LogP contribution in [0, 0.1) is 0 Å². The van der Waals surface area contributed by atoms with Crippen LogP contribution in [0.15, 0.2) is 72.9 Å². The largest absolute Gasteiger partial charge is 0.321 e. The van der Waals surface area contributed by atoms with Gasteiger partial charge in [-0.3, -0.25) is 9.89 Å². The molecule has 5 heteroatoms. The average Bonchev–Trinajstić information content (AvgIpc) is 3.16. The first-order chi connectivity index (χ1) is 11.8. The molecule has 0 atom stereocenters. The van der Waals surface area contributed by atoms with Crippen molar-refractivity contribution in [1.29, 1.82) is 0 Å². The molecule has 0 spiro atoms. The van der Waals surface area contributed by atoms with Crippen molar-refractivity contribution >= 4 is 22.5 Å². The van der Waals surface area contributed by atoms with Crippen LogP contribution >= 0.6 is 0 Å². The fourth-order valence-electron chi connectivity index (χ4n) is 2.57. The van der Waals surface area contributed by atoms with Crippen molar-refractivity contribution in [2.24, 2.45) is 0 Å². The molecular weight excluding hydrogens is 300 g/mol. The van der Waals surface area contributed by atoms with Crippen molar-refractivity contribution in [2.75, 3.05) is 5.32 Å². The Labute approximate surface area is 138 Å². The maximum absolute atomic E-state index is 12.5. The number of anilines is 1. The molecule has 0 aliphatic heterocycles. The van der Waals surface area contributed by atoms with Crippen LogP contribution in [0.4, 0.5) is 5.69 Å². The quantitative estimate of drug-likeness (QED) is 0.603. The molecule has 0 saturated heterocycles. The Balaban J connectivity index is 1.60. The van der Waals surface area contributed by atoms with Crippen LogP contribution in [0.1, 0.15) is 10.5 Å². The van der Waals surface area contributed by atoms with Gasteiger partial charge >= 0.3 is 0 Å². The van der Waals surface area contributed by atoms with Gasteiger partial charge in [0.1, 0.15) is 5.69 Å². The molecule has 0 aliphatic rings. The lowest BCUT2D eigenvalue weighted by atomic mass is 10.1. The summed E-state index contributed by atoms with van der Waals surface area (Å²) in [6, 6.07) is 20.8. The molecule has 116 valence electrons. The molecule has 0 bridgehead atoms. The Morgan fingerprint density at radius 2 is 1.88 bits per heavy atom. The van der Waals surface area contributed by atoms with Crippen molar-refractivity contribution < 1.29 is 4.79 Å². The highest BCUT2D eigenvalue weighted by Gasteiger charge is 2.09. The molecule has 2 aromatic carbocycles. The third-order valence-corrected chi connectivity index (χ3v) is 3.76. The first kappa shape index (κ1) is 14.1. The Kier molecular flexibility index (Phi) is 3.51. The third kappa shape index (κ3) is 2.75. The van der Waals surface area contributed by atoms with Gasteiger partial charge in [0.05, 0.1) is 11.2 Å². The Hall–Kier alpha value is -3.47. The number of aromatic amines is 1. The van der Waals surface area contributed by atoms with Gasteiger partial charge in [0.25, 0.3) is 5.91 Å². The highest BCUT2D eigenvalue weighted by atomic mass is 16.1. The maximum atomic E-state index is 12.5. The van der Waals surface area contributed by atoms with Gasteiger partial charge in [0.2, 0.25) is 0 Å². The van der Waals surface area contributed by atoms with E-state index in [9.17, 15) is 4.79 Å². The normalized spacial score (nSPS) is 10.7. The fourth-order valence-corrected chi connectivity index (χ4v) is 2.57. The molecule has 0 saturated carbocycles. The van der Waals surface area contributed by atoms with E-state index >= 15 is 0 Å². The minimum absolute atomic E-state index is 0.234. The maximum Gasteiger partial charge on any atom is 0.274 e. The van der Waals surface area contributed by atoms with Crippen molar-refractivity contribution in [3.63, 3.8) is 0 Å². The van der Waals surface area contributed by atoms with Crippen LogP contribution < -0.4 is 5.32 Å². The van der Waals surface area contributed by atoms with Gasteiger partial charge in [-0.15, -0.1) is 0 Å². The molecule has 4 rings (SSSR count). The average molecular weight is 314 g/mol. The number of hydrogen-bond acceptors (Lipinski definition) is 3. The van der Waals surface area contributed by atoms with E-state index in [-0.39, 0.29) is 5.91 Å². The van der Waals surface area contributed by atoms with E-state index in [0.29, 0.717) is 11.4 Å². The van der Waals surface area contributed by atoms with E-state index in [0.717, 1.165) is 22.2 Å². The lowest BCUT2D eigenvalue weighted by molar-refractivity contribution is 0.102. The first-order valence-electron chi connectivity index (χ1n) is 7.56. The number of amides is 1. The molecule has 1 amide bonds. The molecule has 0 radical (unpaired) electrons. The predicted molar refractivity (Wildman–Crippen MR) is 93.7 cm³/mol. The third-order valence-electron chi connectivity index (χ3n) is 3.76. The molecule has 2 N–H and O–H groups in total. The lowest BCUT2D eigenvalue weighted by Crippen LogP contribution is -2.13. The summed E-state index contributed by atoms with van der Waals surface area (Å²) < 4.78 is 0. The summed E-state index contributed by atoms with van der Waals surface area (Å²) in [5.74, 6) is -0.234. The summed E-state index contributed by atoms with van der Waals surface area (Å²) in [5, 5.41) is 10.8. The second kappa shape index (κ2) is 5.96. The Morgan fingerprint density at radius 1 is 0.958 bits per heavy atom. The molecule has 5 nitrogen and oxygen atoms in total. The minimum atomic E-state index is -0.234. The van der Waals surface area contributed by atoms with Gasteiger partial charge in [0, 0.05) is 22.8 Å². The van der Waals surface area contributed by atoms with E-state index in [1.165, 1.54) is 0 Å². The zero-order valence-electron chi connectivity index (χ0n) is 12.7. The standard InChI is InChI=1S/C19H14N4O/c24-19(18-9-8-13-4-1-2-7-16(13)22-18)21-15-6-3-5-14(12-15)17-10-11-20-23-17/h1-12H,(H,20,23)(H,21,24). The summed E-state index contributed by atoms with van der Waals surface area (Å²) in [6.07, 6.45) is 1.69. The summed E-state index contributed by atoms with van der Waals surface area (Å²) >= 11 is 0. The van der Waals surface area contributed by atoms with E-state index in [2.05, 4.69) is 20.5 Å². The monoisotopic (exact) mass is 314 g/mol. The highest BCUT2D eigenvalue weighted by molar-refractivity contribution is 6.04. The summed E-state index contributed by atoms with van der Waals surface area (Å²) in [5.41, 5.74) is 3.76. The number of benzene rings is 2. The number of H-pyrrole nitrogens is 1. The number of para-hydroxylation sites is 1. The summed E-state index contributed by atoms with van der Waals surface area (Å²) in [4.78, 5) is 16.9. The van der Waals surface area contributed by atoms with E-state index in [1.54, 1.807) is 12.3 Å². The second-order valence-corrected chi connectivity index (χ2v) is 5.39. The molecule has 4 aromatic rings. The van der Waals surface area contributed by atoms with Crippen LogP contribution in [0.3, 0.4) is 0 Å². The summed E-state index contributed by atoms with van der Waals surface area (Å²) in [7, 11) is 0. The number of hydrogen-bond donors (Lipinski definition) is 2. The molecular formula is C19H14N4O. The van der Waals surface area contributed by atoms with E-state index < -0.39 is 0 Å². The number of rotatable bonds is 3. The molecule has 0 unspecified atom stereocenters. The molecule has 0 fully saturated rings. The van der Waals surface area contributed by atoms with Crippen molar-refractivity contribution in [3.8, 4) is 11.3 Å². The van der Waals surface area contributed by atoms with Crippen molar-refractivity contribution in [3.05, 3.63) is 78.6 Å². The summed E-state index contributed by atoms with van der Waals surface area (Å²) in [6.45, 7) is 0. The topological polar surface area (TPSA) is 70.7 Å². The zero-order chi connectivity index (χ0) is 16.4. The number of pyridine rings is 1. The smallest absolute Gasteiger partial charge is 0.274 e. The fraction of sp³-hybridized carbons (Fsp3) is 0. The van der Waals surface area contributed by atoms with Gasteiger partial charge in [-0.1, -0.05) is 36.4 Å². The number of aromatic nitrogens is 3. The molecule has 0 aliphatic carbocycles. The number of fused-ring (bicyclic) bond motifs is 1. The number of carbonyl (C=O) groups is 1. The second-order valence-electron chi connectivity index (χ2n) is 5.39. The van der Waals surface area contributed by atoms with Crippen LogP contribution in [0.5, 0.6) is 0 Å². The Morgan fingerprint density at radius 3 is 2.75 bits per heavy atom. The zero-order valence-corrected chi connectivity index (χ0v) is 12.7. The molecule has 2 aromatic heterocycles. The van der Waals surface area contributed by atoms with Crippen LogP contribution in [-0.2, 0) is 0 Å². The van der Waals surface area contributed by atoms with Crippen molar-refractivity contribution in [1.82, 2.24) is 15.2 Å². The number of nitrogens with one attached hydrogen (secondary N) is 2. The number of carbonyl (C=O) groups excluding carboxylic acids is 1.